The van der Waals surface area contributed by atoms with Crippen LogP contribution in [-0.4, -0.2) is 52.2 Å². The van der Waals surface area contributed by atoms with E-state index in [0.29, 0.717) is 46.1 Å². The molecule has 0 aliphatic rings. The number of esters is 1. The molecule has 0 amide bonds. The highest BCUT2D eigenvalue weighted by Gasteiger charge is 2.02. The molecular formula is C31H62O5. The van der Waals surface area contributed by atoms with Crippen LogP contribution in [0, 0.1) is 0 Å². The molecular weight excluding hydrogens is 452 g/mol. The molecule has 0 N–H and O–H groups in total. The van der Waals surface area contributed by atoms with Gasteiger partial charge in [-0.2, -0.15) is 0 Å². The van der Waals surface area contributed by atoms with Gasteiger partial charge < -0.3 is 18.9 Å². The zero-order chi connectivity index (χ0) is 26.2. The summed E-state index contributed by atoms with van der Waals surface area (Å²) < 4.78 is 21.9. The van der Waals surface area contributed by atoms with Crippen molar-refractivity contribution in [1.82, 2.24) is 0 Å². The molecule has 0 aliphatic carbocycles. The van der Waals surface area contributed by atoms with E-state index in [9.17, 15) is 4.79 Å². The second kappa shape index (κ2) is 32.4. The van der Waals surface area contributed by atoms with Crippen molar-refractivity contribution in [2.24, 2.45) is 0 Å². The highest BCUT2D eigenvalue weighted by atomic mass is 16.6. The SMILES string of the molecule is CCCCCCCCCCCCCOCCOCCOCCOC(=O)CCCCCCCCCCC. The topological polar surface area (TPSA) is 54.0 Å². The van der Waals surface area contributed by atoms with Gasteiger partial charge in [-0.05, 0) is 12.8 Å². The summed E-state index contributed by atoms with van der Waals surface area (Å²) in [5, 5.41) is 0. The van der Waals surface area contributed by atoms with Crippen LogP contribution in [0.4, 0.5) is 0 Å². The summed E-state index contributed by atoms with van der Waals surface area (Å²) in [6, 6.07) is 0. The zero-order valence-electron chi connectivity index (χ0n) is 24.3. The van der Waals surface area contributed by atoms with Crippen molar-refractivity contribution >= 4 is 5.97 Å². The third kappa shape index (κ3) is 31.4. The molecule has 0 fully saturated rings. The molecule has 0 aromatic rings. The Bertz CT molecular complexity index is 416. The van der Waals surface area contributed by atoms with Crippen LogP contribution >= 0.6 is 0 Å². The van der Waals surface area contributed by atoms with Crippen LogP contribution < -0.4 is 0 Å². The van der Waals surface area contributed by atoms with Crippen LogP contribution in [0.15, 0.2) is 0 Å². The van der Waals surface area contributed by atoms with E-state index in [1.165, 1.54) is 109 Å². The highest BCUT2D eigenvalue weighted by Crippen LogP contribution is 2.12. The largest absolute Gasteiger partial charge is 0.463 e. The van der Waals surface area contributed by atoms with Gasteiger partial charge in [0, 0.05) is 13.0 Å². The molecule has 0 spiro atoms. The lowest BCUT2D eigenvalue weighted by Crippen LogP contribution is -2.14. The van der Waals surface area contributed by atoms with Gasteiger partial charge in [0.15, 0.2) is 0 Å². The molecule has 0 unspecified atom stereocenters. The monoisotopic (exact) mass is 514 g/mol. The molecule has 0 saturated carbocycles. The number of hydrogen-bond donors (Lipinski definition) is 0. The van der Waals surface area contributed by atoms with Crippen molar-refractivity contribution in [2.75, 3.05) is 46.2 Å². The Hall–Kier alpha value is -0.650. The highest BCUT2D eigenvalue weighted by molar-refractivity contribution is 5.69. The number of carbonyl (C=O) groups is 1. The number of unbranched alkanes of at least 4 members (excludes halogenated alkanes) is 18. The molecule has 0 atom stereocenters. The molecule has 5 nitrogen and oxygen atoms in total. The van der Waals surface area contributed by atoms with E-state index < -0.39 is 0 Å². The van der Waals surface area contributed by atoms with Gasteiger partial charge in [-0.3, -0.25) is 4.79 Å². The molecule has 0 saturated heterocycles. The number of carbonyl (C=O) groups excluding carboxylic acids is 1. The number of hydrogen-bond acceptors (Lipinski definition) is 5. The van der Waals surface area contributed by atoms with Crippen molar-refractivity contribution in [1.29, 1.82) is 0 Å². The van der Waals surface area contributed by atoms with Crippen molar-refractivity contribution in [3.63, 3.8) is 0 Å². The minimum absolute atomic E-state index is 0.104. The first kappa shape index (κ1) is 35.4. The Labute approximate surface area is 224 Å². The van der Waals surface area contributed by atoms with E-state index in [-0.39, 0.29) is 5.97 Å². The fourth-order valence-electron chi connectivity index (χ4n) is 4.28. The Balaban J connectivity index is 3.11. The Kier molecular flexibility index (Phi) is 31.8. The van der Waals surface area contributed by atoms with Crippen LogP contribution in [0.1, 0.15) is 149 Å². The Morgan fingerprint density at radius 2 is 0.722 bits per heavy atom. The van der Waals surface area contributed by atoms with Gasteiger partial charge in [0.05, 0.1) is 33.0 Å². The van der Waals surface area contributed by atoms with E-state index in [4.69, 9.17) is 18.9 Å². The van der Waals surface area contributed by atoms with Crippen LogP contribution in [0.2, 0.25) is 0 Å². The summed E-state index contributed by atoms with van der Waals surface area (Å²) in [6.07, 6.45) is 26.7. The Morgan fingerprint density at radius 3 is 1.17 bits per heavy atom. The predicted octanol–water partition coefficient (Wildman–Crippen LogP) is 8.81. The van der Waals surface area contributed by atoms with Crippen molar-refractivity contribution in [3.8, 4) is 0 Å². The fraction of sp³-hybridized carbons (Fsp3) is 0.968. The summed E-state index contributed by atoms with van der Waals surface area (Å²) in [5.74, 6) is -0.104. The molecule has 0 rings (SSSR count). The molecule has 0 aromatic heterocycles. The third-order valence-electron chi connectivity index (χ3n) is 6.61. The van der Waals surface area contributed by atoms with Gasteiger partial charge in [-0.25, -0.2) is 0 Å². The first-order chi connectivity index (χ1) is 17.8. The van der Waals surface area contributed by atoms with E-state index in [1.807, 2.05) is 0 Å². The van der Waals surface area contributed by atoms with E-state index in [0.717, 1.165) is 25.9 Å². The maximum Gasteiger partial charge on any atom is 0.305 e. The maximum absolute atomic E-state index is 11.7. The van der Waals surface area contributed by atoms with Crippen LogP contribution in [0.3, 0.4) is 0 Å². The average molecular weight is 515 g/mol. The summed E-state index contributed by atoms with van der Waals surface area (Å²) in [7, 11) is 0. The molecule has 0 bridgehead atoms. The standard InChI is InChI=1S/C31H62O5/c1-3-5-7-9-11-13-14-16-18-20-22-24-33-25-26-34-27-28-35-29-30-36-31(32)23-21-19-17-15-12-10-8-6-4-2/h3-30H2,1-2H3. The first-order valence-corrected chi connectivity index (χ1v) is 15.7. The zero-order valence-corrected chi connectivity index (χ0v) is 24.3. The van der Waals surface area contributed by atoms with Gasteiger partial charge in [0.2, 0.25) is 0 Å². The van der Waals surface area contributed by atoms with E-state index >= 15 is 0 Å². The first-order valence-electron chi connectivity index (χ1n) is 15.7. The second-order valence-electron chi connectivity index (χ2n) is 10.2. The molecule has 0 heterocycles. The summed E-state index contributed by atoms with van der Waals surface area (Å²) in [5.41, 5.74) is 0. The molecule has 36 heavy (non-hydrogen) atoms. The lowest BCUT2D eigenvalue weighted by Gasteiger charge is -2.08. The second-order valence-corrected chi connectivity index (χ2v) is 10.2. The quantitative estimate of drug-likeness (QED) is 0.0683. The summed E-state index contributed by atoms with van der Waals surface area (Å²) >= 11 is 0. The predicted molar refractivity (Wildman–Crippen MR) is 152 cm³/mol. The third-order valence-corrected chi connectivity index (χ3v) is 6.61. The molecule has 5 heteroatoms. The smallest absolute Gasteiger partial charge is 0.305 e. The lowest BCUT2D eigenvalue weighted by atomic mass is 10.1. The van der Waals surface area contributed by atoms with Crippen LogP contribution in [-0.2, 0) is 23.7 Å². The van der Waals surface area contributed by atoms with Gasteiger partial charge in [-0.1, -0.05) is 129 Å². The summed E-state index contributed by atoms with van der Waals surface area (Å²) in [4.78, 5) is 11.7. The minimum Gasteiger partial charge on any atom is -0.463 e. The van der Waals surface area contributed by atoms with Crippen LogP contribution in [0.5, 0.6) is 0 Å². The average Bonchev–Trinajstić information content (AvgIpc) is 2.88. The molecule has 0 aliphatic heterocycles. The van der Waals surface area contributed by atoms with Crippen molar-refractivity contribution in [3.05, 3.63) is 0 Å². The normalized spacial score (nSPS) is 11.3. The number of rotatable bonds is 31. The lowest BCUT2D eigenvalue weighted by molar-refractivity contribution is -0.145. The van der Waals surface area contributed by atoms with Gasteiger partial charge in [-0.15, -0.1) is 0 Å². The molecule has 216 valence electrons. The number of ether oxygens (including phenoxy) is 4. The van der Waals surface area contributed by atoms with Crippen LogP contribution in [0.25, 0.3) is 0 Å². The minimum atomic E-state index is -0.104. The van der Waals surface area contributed by atoms with Gasteiger partial charge >= 0.3 is 5.97 Å². The van der Waals surface area contributed by atoms with Gasteiger partial charge in [0.25, 0.3) is 0 Å². The van der Waals surface area contributed by atoms with Crippen molar-refractivity contribution < 1.29 is 23.7 Å². The molecule has 0 radical (unpaired) electrons. The summed E-state index contributed by atoms with van der Waals surface area (Å²) in [6.45, 7) is 8.45. The van der Waals surface area contributed by atoms with Gasteiger partial charge in [0.1, 0.15) is 6.61 Å². The van der Waals surface area contributed by atoms with E-state index in [1.54, 1.807) is 0 Å². The maximum atomic E-state index is 11.7. The molecule has 0 aromatic carbocycles. The van der Waals surface area contributed by atoms with E-state index in [2.05, 4.69) is 13.8 Å². The fourth-order valence-corrected chi connectivity index (χ4v) is 4.28. The Morgan fingerprint density at radius 1 is 0.389 bits per heavy atom. The van der Waals surface area contributed by atoms with Crippen molar-refractivity contribution in [2.45, 2.75) is 149 Å².